The number of nitrogens with zero attached hydrogens (tertiary/aromatic N) is 2. The van der Waals surface area contributed by atoms with Crippen molar-refractivity contribution in [2.45, 2.75) is 52.6 Å². The lowest BCUT2D eigenvalue weighted by atomic mass is 10.0. The molecular weight excluding hydrogens is 404 g/mol. The molecule has 0 N–H and O–H groups in total. The first kappa shape index (κ1) is 23.1. The van der Waals surface area contributed by atoms with Gasteiger partial charge < -0.3 is 4.57 Å². The molecule has 0 saturated heterocycles. The van der Waals surface area contributed by atoms with Gasteiger partial charge in [-0.05, 0) is 60.4 Å². The number of halogens is 4. The van der Waals surface area contributed by atoms with E-state index < -0.39 is 11.7 Å². The molecule has 3 rings (SSSR count). The molecule has 0 saturated carbocycles. The lowest BCUT2D eigenvalue weighted by Crippen LogP contribution is -2.36. The summed E-state index contributed by atoms with van der Waals surface area (Å²) in [5, 5.41) is 0. The Labute approximate surface area is 181 Å². The highest BCUT2D eigenvalue weighted by molar-refractivity contribution is 5.26. The SMILES string of the molecule is CC(C)C(C)N(Cc1cccc(F)c1)Cc1cccn1Cc1cccc(C(F)(F)F)c1. The fourth-order valence-corrected chi connectivity index (χ4v) is 3.63. The number of aromatic nitrogens is 1. The minimum absolute atomic E-state index is 0.236. The molecule has 3 aromatic rings. The zero-order valence-electron chi connectivity index (χ0n) is 18.0. The molecule has 0 spiro atoms. The molecule has 2 aromatic carbocycles. The molecule has 0 aliphatic heterocycles. The van der Waals surface area contributed by atoms with Crippen molar-refractivity contribution in [1.82, 2.24) is 9.47 Å². The smallest absolute Gasteiger partial charge is 0.346 e. The quantitative estimate of drug-likeness (QED) is 0.358. The van der Waals surface area contributed by atoms with Crippen LogP contribution in [0.15, 0.2) is 66.9 Å². The van der Waals surface area contributed by atoms with Crippen LogP contribution >= 0.6 is 0 Å². The maximum atomic E-state index is 13.7. The molecule has 6 heteroatoms. The lowest BCUT2D eigenvalue weighted by molar-refractivity contribution is -0.137. The Morgan fingerprint density at radius 3 is 2.26 bits per heavy atom. The molecule has 1 atom stereocenters. The Bertz CT molecular complexity index is 991. The minimum Gasteiger partial charge on any atom is -0.346 e. The monoisotopic (exact) mass is 432 g/mol. The van der Waals surface area contributed by atoms with Crippen molar-refractivity contribution in [3.05, 3.63) is 95.1 Å². The summed E-state index contributed by atoms with van der Waals surface area (Å²) >= 11 is 0. The average Bonchev–Trinajstić information content (AvgIpc) is 3.13. The van der Waals surface area contributed by atoms with Crippen LogP contribution in [0, 0.1) is 11.7 Å². The Hall–Kier alpha value is -2.60. The first-order valence-electron chi connectivity index (χ1n) is 10.4. The highest BCUT2D eigenvalue weighted by atomic mass is 19.4. The molecule has 0 aliphatic carbocycles. The van der Waals surface area contributed by atoms with E-state index in [0.29, 0.717) is 31.1 Å². The van der Waals surface area contributed by atoms with E-state index in [2.05, 4.69) is 25.7 Å². The van der Waals surface area contributed by atoms with Gasteiger partial charge in [-0.3, -0.25) is 4.90 Å². The largest absolute Gasteiger partial charge is 0.416 e. The number of rotatable bonds is 8. The molecule has 0 aliphatic rings. The van der Waals surface area contributed by atoms with Gasteiger partial charge in [-0.25, -0.2) is 4.39 Å². The average molecular weight is 433 g/mol. The molecule has 1 aromatic heterocycles. The third kappa shape index (κ3) is 6.20. The summed E-state index contributed by atoms with van der Waals surface area (Å²) in [6.07, 6.45) is -2.47. The standard InChI is InChI=1S/C25H28F4N2/c1-18(2)19(3)31(16-21-8-5-10-23(26)14-21)17-24-11-6-12-30(24)15-20-7-4-9-22(13-20)25(27,28)29/h4-14,18-19H,15-17H2,1-3H3. The predicted molar refractivity (Wildman–Crippen MR) is 115 cm³/mol. The van der Waals surface area contributed by atoms with Crippen LogP contribution in [-0.2, 0) is 25.8 Å². The molecule has 31 heavy (non-hydrogen) atoms. The first-order chi connectivity index (χ1) is 14.6. The van der Waals surface area contributed by atoms with Gasteiger partial charge in [0, 0.05) is 37.6 Å². The fourth-order valence-electron chi connectivity index (χ4n) is 3.63. The highest BCUT2D eigenvalue weighted by Gasteiger charge is 2.30. The predicted octanol–water partition coefficient (Wildman–Crippen LogP) is 6.74. The molecule has 0 fully saturated rings. The van der Waals surface area contributed by atoms with Gasteiger partial charge in [-0.2, -0.15) is 13.2 Å². The van der Waals surface area contributed by atoms with E-state index in [4.69, 9.17) is 0 Å². The Morgan fingerprint density at radius 1 is 0.871 bits per heavy atom. The maximum Gasteiger partial charge on any atom is 0.416 e. The fraction of sp³-hybridized carbons (Fsp3) is 0.360. The van der Waals surface area contributed by atoms with Gasteiger partial charge in [-0.1, -0.05) is 38.1 Å². The summed E-state index contributed by atoms with van der Waals surface area (Å²) in [7, 11) is 0. The topological polar surface area (TPSA) is 8.17 Å². The van der Waals surface area contributed by atoms with Crippen molar-refractivity contribution >= 4 is 0 Å². The van der Waals surface area contributed by atoms with E-state index in [-0.39, 0.29) is 11.9 Å². The summed E-state index contributed by atoms with van der Waals surface area (Å²) in [4.78, 5) is 2.28. The van der Waals surface area contributed by atoms with Crippen LogP contribution < -0.4 is 0 Å². The third-order valence-electron chi connectivity index (χ3n) is 5.71. The summed E-state index contributed by atoms with van der Waals surface area (Å²) in [6, 6.07) is 16.2. The molecule has 166 valence electrons. The van der Waals surface area contributed by atoms with Gasteiger partial charge in [0.25, 0.3) is 0 Å². The molecular formula is C25H28F4N2. The number of hydrogen-bond acceptors (Lipinski definition) is 1. The second kappa shape index (κ2) is 9.69. The van der Waals surface area contributed by atoms with Crippen molar-refractivity contribution in [2.24, 2.45) is 5.92 Å². The highest BCUT2D eigenvalue weighted by Crippen LogP contribution is 2.30. The van der Waals surface area contributed by atoms with Crippen LogP contribution in [0.4, 0.5) is 17.6 Å². The molecule has 0 radical (unpaired) electrons. The van der Waals surface area contributed by atoms with Crippen molar-refractivity contribution in [2.75, 3.05) is 0 Å². The second-order valence-corrected chi connectivity index (χ2v) is 8.35. The van der Waals surface area contributed by atoms with E-state index in [1.807, 2.05) is 29.0 Å². The van der Waals surface area contributed by atoms with Crippen LogP contribution in [0.2, 0.25) is 0 Å². The van der Waals surface area contributed by atoms with Gasteiger partial charge in [0.2, 0.25) is 0 Å². The first-order valence-corrected chi connectivity index (χ1v) is 10.4. The van der Waals surface area contributed by atoms with Gasteiger partial charge in [-0.15, -0.1) is 0 Å². The van der Waals surface area contributed by atoms with Crippen molar-refractivity contribution in [3.8, 4) is 0 Å². The van der Waals surface area contributed by atoms with E-state index >= 15 is 0 Å². The van der Waals surface area contributed by atoms with Crippen LogP contribution in [0.25, 0.3) is 0 Å². The summed E-state index contributed by atoms with van der Waals surface area (Å²) in [5.41, 5.74) is 1.85. The molecule has 1 heterocycles. The van der Waals surface area contributed by atoms with Crippen molar-refractivity contribution in [3.63, 3.8) is 0 Å². The van der Waals surface area contributed by atoms with E-state index in [9.17, 15) is 17.6 Å². The zero-order valence-corrected chi connectivity index (χ0v) is 18.0. The van der Waals surface area contributed by atoms with Gasteiger partial charge in [0.15, 0.2) is 0 Å². The second-order valence-electron chi connectivity index (χ2n) is 8.35. The third-order valence-corrected chi connectivity index (χ3v) is 5.71. The molecule has 2 nitrogen and oxygen atoms in total. The number of hydrogen-bond donors (Lipinski definition) is 0. The van der Waals surface area contributed by atoms with Crippen LogP contribution in [0.1, 0.15) is 43.2 Å². The van der Waals surface area contributed by atoms with Crippen LogP contribution in [-0.4, -0.2) is 15.5 Å². The normalized spacial score (nSPS) is 13.2. The van der Waals surface area contributed by atoms with Crippen molar-refractivity contribution < 1.29 is 17.6 Å². The minimum atomic E-state index is -4.36. The van der Waals surface area contributed by atoms with Gasteiger partial charge in [0.1, 0.15) is 5.82 Å². The maximum absolute atomic E-state index is 13.7. The number of alkyl halides is 3. The van der Waals surface area contributed by atoms with Crippen LogP contribution in [0.3, 0.4) is 0 Å². The number of benzene rings is 2. The lowest BCUT2D eigenvalue weighted by Gasteiger charge is -2.32. The Morgan fingerprint density at radius 2 is 1.58 bits per heavy atom. The van der Waals surface area contributed by atoms with Crippen molar-refractivity contribution in [1.29, 1.82) is 0 Å². The van der Waals surface area contributed by atoms with Gasteiger partial charge in [0.05, 0.1) is 5.56 Å². The molecule has 1 unspecified atom stereocenters. The molecule has 0 bridgehead atoms. The molecule has 0 amide bonds. The van der Waals surface area contributed by atoms with Gasteiger partial charge >= 0.3 is 6.18 Å². The zero-order chi connectivity index (χ0) is 22.6. The van der Waals surface area contributed by atoms with E-state index in [1.54, 1.807) is 18.2 Å². The Kier molecular flexibility index (Phi) is 7.21. The summed E-state index contributed by atoms with van der Waals surface area (Å²) < 4.78 is 54.8. The summed E-state index contributed by atoms with van der Waals surface area (Å²) in [6.45, 7) is 7.99. The van der Waals surface area contributed by atoms with E-state index in [0.717, 1.165) is 17.3 Å². The van der Waals surface area contributed by atoms with Crippen LogP contribution in [0.5, 0.6) is 0 Å². The Balaban J connectivity index is 1.81. The summed E-state index contributed by atoms with van der Waals surface area (Å²) in [5.74, 6) is 0.128. The van der Waals surface area contributed by atoms with E-state index in [1.165, 1.54) is 18.2 Å².